The predicted molar refractivity (Wildman–Crippen MR) is 75.2 cm³/mol. The number of nitrogens with zero attached hydrogens (tertiary/aromatic N) is 1. The Morgan fingerprint density at radius 1 is 1.50 bits per heavy atom. The van der Waals surface area contributed by atoms with E-state index in [2.05, 4.69) is 35.5 Å². The standard InChI is InChI=1S/C14H21ClN2O/c1-10-4-5-11(8-12(10)15)14-13(9-16-2)18-7-6-17(14)3/h4-5,8,13-14,16H,6-7,9H2,1-3H3. The van der Waals surface area contributed by atoms with Gasteiger partial charge in [-0.3, -0.25) is 4.90 Å². The van der Waals surface area contributed by atoms with Crippen LogP contribution >= 0.6 is 11.6 Å². The van der Waals surface area contributed by atoms with Gasteiger partial charge in [-0.1, -0.05) is 23.7 Å². The molecular weight excluding hydrogens is 248 g/mol. The maximum atomic E-state index is 6.23. The van der Waals surface area contributed by atoms with Crippen LogP contribution in [-0.2, 0) is 4.74 Å². The fourth-order valence-corrected chi connectivity index (χ4v) is 2.69. The van der Waals surface area contributed by atoms with Gasteiger partial charge < -0.3 is 10.1 Å². The minimum absolute atomic E-state index is 0.174. The molecule has 0 bridgehead atoms. The molecule has 1 saturated heterocycles. The summed E-state index contributed by atoms with van der Waals surface area (Å²) in [7, 11) is 4.10. The number of aryl methyl sites for hydroxylation is 1. The lowest BCUT2D eigenvalue weighted by Gasteiger charge is -2.39. The first-order chi connectivity index (χ1) is 8.63. The van der Waals surface area contributed by atoms with Crippen LogP contribution in [-0.4, -0.2) is 44.8 Å². The zero-order valence-corrected chi connectivity index (χ0v) is 12.0. The van der Waals surface area contributed by atoms with E-state index in [1.807, 2.05) is 14.0 Å². The van der Waals surface area contributed by atoms with Crippen LogP contribution < -0.4 is 5.32 Å². The molecule has 18 heavy (non-hydrogen) atoms. The van der Waals surface area contributed by atoms with Crippen molar-refractivity contribution in [2.24, 2.45) is 0 Å². The minimum atomic E-state index is 0.174. The average Bonchev–Trinajstić information content (AvgIpc) is 2.34. The quantitative estimate of drug-likeness (QED) is 0.910. The van der Waals surface area contributed by atoms with Gasteiger partial charge in [-0.15, -0.1) is 0 Å². The van der Waals surface area contributed by atoms with Gasteiger partial charge in [-0.05, 0) is 38.2 Å². The molecule has 0 radical (unpaired) electrons. The van der Waals surface area contributed by atoms with Crippen molar-refractivity contribution in [2.45, 2.75) is 19.1 Å². The zero-order valence-electron chi connectivity index (χ0n) is 11.2. The number of likely N-dealkylation sites (N-methyl/N-ethyl adjacent to an activating group) is 2. The van der Waals surface area contributed by atoms with Crippen LogP contribution in [0.15, 0.2) is 18.2 Å². The molecule has 2 atom stereocenters. The maximum Gasteiger partial charge on any atom is 0.0896 e. The van der Waals surface area contributed by atoms with Crippen LogP contribution in [0.2, 0.25) is 5.02 Å². The number of ether oxygens (including phenoxy) is 1. The zero-order chi connectivity index (χ0) is 13.1. The number of nitrogens with one attached hydrogen (secondary N) is 1. The molecule has 2 unspecified atom stereocenters. The summed E-state index contributed by atoms with van der Waals surface area (Å²) in [6, 6.07) is 6.57. The molecule has 1 aromatic rings. The fraction of sp³-hybridized carbons (Fsp3) is 0.571. The Kier molecular flexibility index (Phi) is 4.62. The lowest BCUT2D eigenvalue weighted by Crippen LogP contribution is -2.46. The molecule has 0 aromatic heterocycles. The number of hydrogen-bond acceptors (Lipinski definition) is 3. The van der Waals surface area contributed by atoms with Crippen LogP contribution in [0.25, 0.3) is 0 Å². The van der Waals surface area contributed by atoms with E-state index in [1.54, 1.807) is 0 Å². The Morgan fingerprint density at radius 3 is 2.94 bits per heavy atom. The Bertz CT molecular complexity index is 409. The molecule has 100 valence electrons. The third-order valence-electron chi connectivity index (χ3n) is 3.55. The summed E-state index contributed by atoms with van der Waals surface area (Å²) in [5, 5.41) is 4.03. The molecule has 0 aliphatic carbocycles. The van der Waals surface area contributed by atoms with Crippen molar-refractivity contribution in [3.05, 3.63) is 34.3 Å². The summed E-state index contributed by atoms with van der Waals surface area (Å²) < 4.78 is 5.88. The Hall–Kier alpha value is -0.610. The Morgan fingerprint density at radius 2 is 2.28 bits per heavy atom. The highest BCUT2D eigenvalue weighted by Gasteiger charge is 2.31. The van der Waals surface area contributed by atoms with Crippen LogP contribution in [0.1, 0.15) is 17.2 Å². The first-order valence-corrected chi connectivity index (χ1v) is 6.73. The van der Waals surface area contributed by atoms with Gasteiger partial charge in [-0.2, -0.15) is 0 Å². The summed E-state index contributed by atoms with van der Waals surface area (Å²) in [5.74, 6) is 0. The van der Waals surface area contributed by atoms with E-state index in [1.165, 1.54) is 5.56 Å². The monoisotopic (exact) mass is 268 g/mol. The van der Waals surface area contributed by atoms with Crippen molar-refractivity contribution in [2.75, 3.05) is 33.8 Å². The second kappa shape index (κ2) is 6.02. The van der Waals surface area contributed by atoms with Gasteiger partial charge in [0.05, 0.1) is 18.8 Å². The van der Waals surface area contributed by atoms with Crippen LogP contribution in [0.5, 0.6) is 0 Å². The van der Waals surface area contributed by atoms with Gasteiger partial charge in [-0.25, -0.2) is 0 Å². The number of hydrogen-bond donors (Lipinski definition) is 1. The van der Waals surface area contributed by atoms with E-state index in [4.69, 9.17) is 16.3 Å². The van der Waals surface area contributed by atoms with Crippen molar-refractivity contribution in [1.82, 2.24) is 10.2 Å². The van der Waals surface area contributed by atoms with E-state index in [-0.39, 0.29) is 12.1 Å². The van der Waals surface area contributed by atoms with Gasteiger partial charge in [0.25, 0.3) is 0 Å². The summed E-state index contributed by atoms with van der Waals surface area (Å²) >= 11 is 6.23. The van der Waals surface area contributed by atoms with E-state index >= 15 is 0 Å². The van der Waals surface area contributed by atoms with Gasteiger partial charge in [0.15, 0.2) is 0 Å². The second-order valence-electron chi connectivity index (χ2n) is 4.90. The van der Waals surface area contributed by atoms with Crippen LogP contribution in [0.3, 0.4) is 0 Å². The van der Waals surface area contributed by atoms with E-state index in [0.29, 0.717) is 0 Å². The summed E-state index contributed by atoms with van der Waals surface area (Å²) in [6.07, 6.45) is 0.174. The fourth-order valence-electron chi connectivity index (χ4n) is 2.50. The predicted octanol–water partition coefficient (Wildman–Crippen LogP) is 2.24. The van der Waals surface area contributed by atoms with Crippen molar-refractivity contribution >= 4 is 11.6 Å². The molecule has 1 fully saturated rings. The van der Waals surface area contributed by atoms with Crippen LogP contribution in [0.4, 0.5) is 0 Å². The first-order valence-electron chi connectivity index (χ1n) is 6.36. The molecule has 2 rings (SSSR count). The number of morpholine rings is 1. The van der Waals surface area contributed by atoms with Gasteiger partial charge in [0.1, 0.15) is 0 Å². The summed E-state index contributed by atoms with van der Waals surface area (Å²) in [5.41, 5.74) is 2.35. The second-order valence-corrected chi connectivity index (χ2v) is 5.31. The smallest absolute Gasteiger partial charge is 0.0896 e. The third kappa shape index (κ3) is 2.86. The molecular formula is C14H21ClN2O. The average molecular weight is 269 g/mol. The topological polar surface area (TPSA) is 24.5 Å². The molecule has 1 N–H and O–H groups in total. The largest absolute Gasteiger partial charge is 0.374 e. The van der Waals surface area contributed by atoms with E-state index < -0.39 is 0 Å². The van der Waals surface area contributed by atoms with E-state index in [9.17, 15) is 0 Å². The molecule has 1 aromatic carbocycles. The Labute approximate surface area is 114 Å². The number of benzene rings is 1. The molecule has 1 aliphatic rings. The van der Waals surface area contributed by atoms with Gasteiger partial charge >= 0.3 is 0 Å². The molecule has 1 aliphatic heterocycles. The number of rotatable bonds is 3. The van der Waals surface area contributed by atoms with Crippen molar-refractivity contribution < 1.29 is 4.74 Å². The highest BCUT2D eigenvalue weighted by molar-refractivity contribution is 6.31. The van der Waals surface area contributed by atoms with Crippen molar-refractivity contribution in [1.29, 1.82) is 0 Å². The number of halogens is 1. The maximum absolute atomic E-state index is 6.23. The molecule has 3 nitrogen and oxygen atoms in total. The summed E-state index contributed by atoms with van der Waals surface area (Å²) in [4.78, 5) is 2.34. The lowest BCUT2D eigenvalue weighted by molar-refractivity contribution is -0.0606. The lowest BCUT2D eigenvalue weighted by atomic mass is 9.97. The molecule has 1 heterocycles. The van der Waals surface area contributed by atoms with Crippen LogP contribution in [0, 0.1) is 6.92 Å². The van der Waals surface area contributed by atoms with Crippen molar-refractivity contribution in [3.8, 4) is 0 Å². The van der Waals surface area contributed by atoms with Gasteiger partial charge in [0.2, 0.25) is 0 Å². The summed E-state index contributed by atoms with van der Waals surface area (Å²) in [6.45, 7) is 4.62. The molecule has 0 spiro atoms. The highest BCUT2D eigenvalue weighted by atomic mass is 35.5. The third-order valence-corrected chi connectivity index (χ3v) is 3.95. The highest BCUT2D eigenvalue weighted by Crippen LogP contribution is 2.30. The SMILES string of the molecule is CNCC1OCCN(C)C1c1ccc(C)c(Cl)c1. The normalized spacial score (nSPS) is 25.3. The Balaban J connectivity index is 2.28. The molecule has 0 amide bonds. The minimum Gasteiger partial charge on any atom is -0.374 e. The first kappa shape index (κ1) is 13.8. The molecule has 4 heteroatoms. The van der Waals surface area contributed by atoms with Crippen molar-refractivity contribution in [3.63, 3.8) is 0 Å². The molecule has 0 saturated carbocycles. The van der Waals surface area contributed by atoms with E-state index in [0.717, 1.165) is 30.3 Å². The van der Waals surface area contributed by atoms with Gasteiger partial charge in [0, 0.05) is 18.1 Å².